The number of hydrogen-bond donors (Lipinski definition) is 2. The quantitative estimate of drug-likeness (QED) is 0.689. The van der Waals surface area contributed by atoms with E-state index in [1.54, 1.807) is 11.9 Å². The molecule has 1 atom stereocenters. The van der Waals surface area contributed by atoms with Crippen molar-refractivity contribution in [1.29, 1.82) is 0 Å². The first kappa shape index (κ1) is 19.7. The van der Waals surface area contributed by atoms with Crippen LogP contribution in [0.5, 0.6) is 0 Å². The van der Waals surface area contributed by atoms with Crippen molar-refractivity contribution in [3.05, 3.63) is 64.7 Å². The van der Waals surface area contributed by atoms with E-state index in [1.165, 1.54) is 0 Å². The summed E-state index contributed by atoms with van der Waals surface area (Å²) in [5.41, 5.74) is 6.10. The second-order valence-corrected chi connectivity index (χ2v) is 7.46. The van der Waals surface area contributed by atoms with Crippen molar-refractivity contribution >= 4 is 6.03 Å². The minimum Gasteiger partial charge on any atom is -0.335 e. The first-order chi connectivity index (χ1) is 13.3. The van der Waals surface area contributed by atoms with E-state index in [0.717, 1.165) is 34.0 Å². The fourth-order valence-corrected chi connectivity index (χ4v) is 3.29. The van der Waals surface area contributed by atoms with Crippen LogP contribution < -0.4 is 5.32 Å². The molecule has 3 rings (SSSR count). The predicted octanol–water partition coefficient (Wildman–Crippen LogP) is 3.29. The second kappa shape index (κ2) is 8.29. The van der Waals surface area contributed by atoms with Crippen LogP contribution in [-0.2, 0) is 13.0 Å². The Bertz CT molecular complexity index is 957. The SMILES string of the molecule is Cc1cc(C)n(-c2cccc(CN(C)C(=O)N[C@@H](C)Cc3cc(C)[nH]n3)c2)n1. The molecular weight excluding hydrogens is 352 g/mol. The number of carbonyl (C=O) groups excluding carboxylic acids is 1. The molecule has 1 aromatic carbocycles. The van der Waals surface area contributed by atoms with E-state index < -0.39 is 0 Å². The van der Waals surface area contributed by atoms with Crippen LogP contribution in [-0.4, -0.2) is 44.0 Å². The van der Waals surface area contributed by atoms with Gasteiger partial charge in [0.2, 0.25) is 0 Å². The van der Waals surface area contributed by atoms with Crippen LogP contribution >= 0.6 is 0 Å². The summed E-state index contributed by atoms with van der Waals surface area (Å²) in [4.78, 5) is 14.2. The Kier molecular flexibility index (Phi) is 5.82. The molecule has 0 aliphatic heterocycles. The number of rotatable bonds is 6. The molecule has 0 aliphatic rings. The van der Waals surface area contributed by atoms with Crippen LogP contribution in [0.25, 0.3) is 5.69 Å². The Morgan fingerprint density at radius 1 is 1.25 bits per heavy atom. The summed E-state index contributed by atoms with van der Waals surface area (Å²) in [6.45, 7) is 8.49. The third kappa shape index (κ3) is 4.79. The monoisotopic (exact) mass is 380 g/mol. The van der Waals surface area contributed by atoms with Gasteiger partial charge in [-0.05, 0) is 57.5 Å². The highest BCUT2D eigenvalue weighted by atomic mass is 16.2. The van der Waals surface area contributed by atoms with Gasteiger partial charge in [0.15, 0.2) is 0 Å². The summed E-state index contributed by atoms with van der Waals surface area (Å²) in [6, 6.07) is 12.1. The van der Waals surface area contributed by atoms with Crippen molar-refractivity contribution in [1.82, 2.24) is 30.2 Å². The van der Waals surface area contributed by atoms with Gasteiger partial charge < -0.3 is 10.2 Å². The van der Waals surface area contributed by atoms with Gasteiger partial charge in [-0.3, -0.25) is 5.10 Å². The molecular formula is C21H28N6O. The standard InChI is InChI=1S/C21H28N6O/c1-14(10-19-11-15(2)23-24-19)22-21(28)26(5)13-18-7-6-8-20(12-18)27-17(4)9-16(3)25-27/h6-9,11-12,14H,10,13H2,1-5H3,(H,22,28)(H,23,24)/t14-/m0/s1. The zero-order valence-electron chi connectivity index (χ0n) is 17.2. The number of nitrogens with one attached hydrogen (secondary N) is 2. The molecule has 0 unspecified atom stereocenters. The van der Waals surface area contributed by atoms with Gasteiger partial charge in [0.1, 0.15) is 0 Å². The zero-order chi connectivity index (χ0) is 20.3. The fourth-order valence-electron chi connectivity index (χ4n) is 3.29. The van der Waals surface area contributed by atoms with Crippen molar-refractivity contribution in [2.45, 2.75) is 46.7 Å². The highest BCUT2D eigenvalue weighted by Gasteiger charge is 2.14. The average Bonchev–Trinajstić information content (AvgIpc) is 3.19. The summed E-state index contributed by atoms with van der Waals surface area (Å²) >= 11 is 0. The molecule has 0 saturated carbocycles. The first-order valence-electron chi connectivity index (χ1n) is 9.47. The highest BCUT2D eigenvalue weighted by Crippen LogP contribution is 2.15. The minimum atomic E-state index is -0.101. The molecule has 148 valence electrons. The van der Waals surface area contributed by atoms with Crippen molar-refractivity contribution in [3.63, 3.8) is 0 Å². The maximum Gasteiger partial charge on any atom is 0.317 e. The molecule has 0 bridgehead atoms. The predicted molar refractivity (Wildman–Crippen MR) is 110 cm³/mol. The lowest BCUT2D eigenvalue weighted by atomic mass is 10.1. The van der Waals surface area contributed by atoms with E-state index in [0.29, 0.717) is 13.0 Å². The Hall–Kier alpha value is -3.09. The number of nitrogens with zero attached hydrogens (tertiary/aromatic N) is 4. The maximum atomic E-state index is 12.5. The number of aromatic amines is 1. The van der Waals surface area contributed by atoms with Crippen LogP contribution in [0.15, 0.2) is 36.4 Å². The molecule has 0 spiro atoms. The Balaban J connectivity index is 1.60. The van der Waals surface area contributed by atoms with Gasteiger partial charge in [0.25, 0.3) is 0 Å². The van der Waals surface area contributed by atoms with E-state index in [4.69, 9.17) is 0 Å². The fraction of sp³-hybridized carbons (Fsp3) is 0.381. The lowest BCUT2D eigenvalue weighted by molar-refractivity contribution is 0.203. The number of hydrogen-bond acceptors (Lipinski definition) is 3. The summed E-state index contributed by atoms with van der Waals surface area (Å²) in [5, 5.41) is 14.7. The topological polar surface area (TPSA) is 78.8 Å². The molecule has 0 aliphatic carbocycles. The number of carbonyl (C=O) groups is 1. The number of benzene rings is 1. The largest absolute Gasteiger partial charge is 0.335 e. The Labute approximate surface area is 165 Å². The minimum absolute atomic E-state index is 0.00122. The Morgan fingerprint density at radius 2 is 2.04 bits per heavy atom. The van der Waals surface area contributed by atoms with Crippen LogP contribution in [0.4, 0.5) is 4.79 Å². The van der Waals surface area contributed by atoms with Crippen molar-refractivity contribution < 1.29 is 4.79 Å². The summed E-state index contributed by atoms with van der Waals surface area (Å²) in [6.07, 6.45) is 0.692. The third-order valence-corrected chi connectivity index (χ3v) is 4.58. The van der Waals surface area contributed by atoms with E-state index >= 15 is 0 Å². The van der Waals surface area contributed by atoms with Crippen LogP contribution in [0, 0.1) is 20.8 Å². The van der Waals surface area contributed by atoms with Crippen molar-refractivity contribution in [3.8, 4) is 5.69 Å². The van der Waals surface area contributed by atoms with E-state index in [2.05, 4.69) is 32.7 Å². The number of urea groups is 1. The second-order valence-electron chi connectivity index (χ2n) is 7.46. The van der Waals surface area contributed by atoms with Gasteiger partial charge in [0, 0.05) is 37.4 Å². The average molecular weight is 380 g/mol. The van der Waals surface area contributed by atoms with Crippen molar-refractivity contribution in [2.75, 3.05) is 7.05 Å². The van der Waals surface area contributed by atoms with Gasteiger partial charge in [-0.1, -0.05) is 12.1 Å². The highest BCUT2D eigenvalue weighted by molar-refractivity contribution is 5.74. The van der Waals surface area contributed by atoms with Gasteiger partial charge in [-0.2, -0.15) is 10.2 Å². The summed E-state index contributed by atoms with van der Waals surface area (Å²) in [5.74, 6) is 0. The van der Waals surface area contributed by atoms with E-state index in [-0.39, 0.29) is 12.1 Å². The molecule has 3 aromatic rings. The number of H-pyrrole nitrogens is 1. The lowest BCUT2D eigenvalue weighted by Gasteiger charge is -2.21. The van der Waals surface area contributed by atoms with Crippen LogP contribution in [0.1, 0.15) is 35.3 Å². The zero-order valence-corrected chi connectivity index (χ0v) is 17.2. The summed E-state index contributed by atoms with van der Waals surface area (Å²) in [7, 11) is 1.80. The molecule has 7 nitrogen and oxygen atoms in total. The molecule has 2 aromatic heterocycles. The molecule has 28 heavy (non-hydrogen) atoms. The third-order valence-electron chi connectivity index (χ3n) is 4.58. The first-order valence-corrected chi connectivity index (χ1v) is 9.47. The molecule has 0 fully saturated rings. The molecule has 0 saturated heterocycles. The van der Waals surface area contributed by atoms with E-state index in [1.807, 2.05) is 56.6 Å². The normalized spacial score (nSPS) is 12.0. The summed E-state index contributed by atoms with van der Waals surface area (Å²) < 4.78 is 1.92. The van der Waals surface area contributed by atoms with Crippen molar-refractivity contribution in [2.24, 2.45) is 0 Å². The molecule has 0 radical (unpaired) electrons. The van der Waals surface area contributed by atoms with Gasteiger partial charge in [0.05, 0.1) is 17.1 Å². The van der Waals surface area contributed by atoms with Crippen LogP contribution in [0.3, 0.4) is 0 Å². The van der Waals surface area contributed by atoms with E-state index in [9.17, 15) is 4.79 Å². The number of amides is 2. The lowest BCUT2D eigenvalue weighted by Crippen LogP contribution is -2.42. The smallest absolute Gasteiger partial charge is 0.317 e. The number of aryl methyl sites for hydroxylation is 3. The molecule has 2 amide bonds. The maximum absolute atomic E-state index is 12.5. The number of aromatic nitrogens is 4. The molecule has 2 N–H and O–H groups in total. The molecule has 2 heterocycles. The Morgan fingerprint density at radius 3 is 2.68 bits per heavy atom. The van der Waals surface area contributed by atoms with Gasteiger partial charge >= 0.3 is 6.03 Å². The van der Waals surface area contributed by atoms with Gasteiger partial charge in [-0.25, -0.2) is 9.48 Å². The van der Waals surface area contributed by atoms with Gasteiger partial charge in [-0.15, -0.1) is 0 Å². The molecule has 7 heteroatoms. The van der Waals surface area contributed by atoms with Crippen LogP contribution in [0.2, 0.25) is 0 Å².